The summed E-state index contributed by atoms with van der Waals surface area (Å²) in [5.41, 5.74) is 8.29. The predicted octanol–water partition coefficient (Wildman–Crippen LogP) is 2.58. The Morgan fingerprint density at radius 2 is 2.26 bits per heavy atom. The van der Waals surface area contributed by atoms with E-state index in [1.165, 1.54) is 10.4 Å². The molecule has 4 nitrogen and oxygen atoms in total. The molecule has 0 bridgehead atoms. The molecule has 2 rings (SSSR count). The summed E-state index contributed by atoms with van der Waals surface area (Å²) in [5, 5.41) is 4.29. The number of aryl methyl sites for hydroxylation is 1. The van der Waals surface area contributed by atoms with Crippen LogP contribution in [0.2, 0.25) is 4.34 Å². The lowest BCUT2D eigenvalue weighted by Crippen LogP contribution is -2.30. The van der Waals surface area contributed by atoms with Gasteiger partial charge in [-0.1, -0.05) is 11.6 Å². The third kappa shape index (κ3) is 3.17. The zero-order chi connectivity index (χ0) is 14.0. The molecule has 0 radical (unpaired) electrons. The molecule has 0 aliphatic rings. The molecule has 0 fully saturated rings. The second-order valence-corrected chi connectivity index (χ2v) is 6.48. The Morgan fingerprint density at radius 1 is 1.53 bits per heavy atom. The molecule has 104 valence electrons. The van der Waals surface area contributed by atoms with Crippen molar-refractivity contribution in [3.63, 3.8) is 0 Å². The summed E-state index contributed by atoms with van der Waals surface area (Å²) in [5.74, 6) is 0. The number of aromatic nitrogens is 2. The average molecular weight is 299 g/mol. The quantitative estimate of drug-likeness (QED) is 0.923. The monoisotopic (exact) mass is 298 g/mol. The molecule has 1 atom stereocenters. The normalized spacial score (nSPS) is 13.2. The van der Waals surface area contributed by atoms with Gasteiger partial charge in [-0.05, 0) is 26.1 Å². The molecule has 2 N–H and O–H groups in total. The summed E-state index contributed by atoms with van der Waals surface area (Å²) >= 11 is 7.58. The van der Waals surface area contributed by atoms with Crippen molar-refractivity contribution < 1.29 is 0 Å². The maximum atomic E-state index is 5.96. The molecular formula is C13H19ClN4S. The number of nitrogens with zero attached hydrogens (tertiary/aromatic N) is 3. The fraction of sp³-hybridized carbons (Fsp3) is 0.462. The molecule has 0 aliphatic carbocycles. The van der Waals surface area contributed by atoms with Crippen LogP contribution in [0.1, 0.15) is 22.2 Å². The van der Waals surface area contributed by atoms with Crippen LogP contribution in [0.15, 0.2) is 18.3 Å². The van der Waals surface area contributed by atoms with Crippen molar-refractivity contribution in [2.75, 3.05) is 13.6 Å². The maximum Gasteiger partial charge on any atom is 0.0931 e. The fourth-order valence-corrected chi connectivity index (χ4v) is 3.33. The summed E-state index contributed by atoms with van der Waals surface area (Å²) in [6.07, 6.45) is 1.91. The van der Waals surface area contributed by atoms with Gasteiger partial charge in [-0.2, -0.15) is 5.10 Å². The minimum atomic E-state index is 0.176. The average Bonchev–Trinajstić information content (AvgIpc) is 2.91. The third-order valence-electron chi connectivity index (χ3n) is 3.42. The van der Waals surface area contributed by atoms with Crippen LogP contribution in [0.5, 0.6) is 0 Å². The van der Waals surface area contributed by atoms with Gasteiger partial charge >= 0.3 is 0 Å². The number of nitrogens with two attached hydrogens (primary N) is 1. The lowest BCUT2D eigenvalue weighted by atomic mass is 10.1. The van der Waals surface area contributed by atoms with Gasteiger partial charge in [0, 0.05) is 36.3 Å². The third-order valence-corrected chi connectivity index (χ3v) is 4.64. The standard InChI is InChI=1S/C13H19ClN4S/c1-9-11(7-16-18(9)3)12(6-15)17(2)8-10-4-5-13(14)19-10/h4-5,7,12H,6,8,15H2,1-3H3. The van der Waals surface area contributed by atoms with Crippen molar-refractivity contribution in [2.24, 2.45) is 12.8 Å². The predicted molar refractivity (Wildman–Crippen MR) is 80.5 cm³/mol. The Morgan fingerprint density at radius 3 is 2.74 bits per heavy atom. The van der Waals surface area contributed by atoms with Crippen LogP contribution < -0.4 is 5.73 Å². The molecule has 0 saturated heterocycles. The van der Waals surface area contributed by atoms with E-state index in [1.54, 1.807) is 11.3 Å². The molecule has 6 heteroatoms. The van der Waals surface area contributed by atoms with Gasteiger partial charge in [0.15, 0.2) is 0 Å². The Balaban J connectivity index is 2.15. The van der Waals surface area contributed by atoms with Crippen LogP contribution in [0.4, 0.5) is 0 Å². The lowest BCUT2D eigenvalue weighted by molar-refractivity contribution is 0.243. The number of halogens is 1. The van der Waals surface area contributed by atoms with Gasteiger partial charge in [-0.15, -0.1) is 11.3 Å². The first-order valence-corrected chi connectivity index (χ1v) is 7.35. The first-order chi connectivity index (χ1) is 9.02. The van der Waals surface area contributed by atoms with Crippen molar-refractivity contribution in [3.8, 4) is 0 Å². The Kier molecular flexibility index (Phi) is 4.62. The van der Waals surface area contributed by atoms with Gasteiger partial charge in [0.05, 0.1) is 16.6 Å². The van der Waals surface area contributed by atoms with E-state index in [-0.39, 0.29) is 6.04 Å². The Hall–Kier alpha value is -0.880. The first-order valence-electron chi connectivity index (χ1n) is 6.16. The van der Waals surface area contributed by atoms with E-state index in [0.29, 0.717) is 6.54 Å². The second kappa shape index (κ2) is 6.05. The van der Waals surface area contributed by atoms with E-state index in [4.69, 9.17) is 17.3 Å². The highest BCUT2D eigenvalue weighted by atomic mass is 35.5. The molecule has 0 spiro atoms. The van der Waals surface area contributed by atoms with Crippen LogP contribution >= 0.6 is 22.9 Å². The van der Waals surface area contributed by atoms with E-state index in [0.717, 1.165) is 16.6 Å². The van der Waals surface area contributed by atoms with Gasteiger partial charge in [0.25, 0.3) is 0 Å². The van der Waals surface area contributed by atoms with Crippen LogP contribution in [0.3, 0.4) is 0 Å². The van der Waals surface area contributed by atoms with E-state index >= 15 is 0 Å². The van der Waals surface area contributed by atoms with E-state index in [2.05, 4.69) is 30.0 Å². The zero-order valence-corrected chi connectivity index (χ0v) is 13.0. The smallest absolute Gasteiger partial charge is 0.0931 e. The molecule has 2 aromatic heterocycles. The summed E-state index contributed by atoms with van der Waals surface area (Å²) in [6, 6.07) is 4.17. The first kappa shape index (κ1) is 14.5. The van der Waals surface area contributed by atoms with Crippen molar-refractivity contribution in [1.82, 2.24) is 14.7 Å². The molecule has 2 aromatic rings. The minimum Gasteiger partial charge on any atom is -0.329 e. The van der Waals surface area contributed by atoms with E-state index in [1.807, 2.05) is 24.0 Å². The van der Waals surface area contributed by atoms with Crippen LogP contribution in [-0.2, 0) is 13.6 Å². The van der Waals surface area contributed by atoms with Crippen molar-refractivity contribution >= 4 is 22.9 Å². The van der Waals surface area contributed by atoms with Gasteiger partial charge in [0.2, 0.25) is 0 Å². The van der Waals surface area contributed by atoms with Gasteiger partial charge in [0.1, 0.15) is 0 Å². The van der Waals surface area contributed by atoms with Gasteiger partial charge < -0.3 is 5.73 Å². The summed E-state index contributed by atoms with van der Waals surface area (Å²) < 4.78 is 2.71. The highest BCUT2D eigenvalue weighted by Crippen LogP contribution is 2.27. The second-order valence-electron chi connectivity index (χ2n) is 4.68. The molecular weight excluding hydrogens is 280 g/mol. The number of hydrogen-bond donors (Lipinski definition) is 1. The molecule has 2 heterocycles. The molecule has 0 amide bonds. The van der Waals surface area contributed by atoms with E-state index in [9.17, 15) is 0 Å². The fourth-order valence-electron chi connectivity index (χ4n) is 2.18. The molecule has 1 unspecified atom stereocenters. The van der Waals surface area contributed by atoms with Crippen LogP contribution in [-0.4, -0.2) is 28.3 Å². The number of thiophene rings is 1. The highest BCUT2D eigenvalue weighted by molar-refractivity contribution is 7.16. The maximum absolute atomic E-state index is 5.96. The SMILES string of the molecule is Cc1c(C(CN)N(C)Cc2ccc(Cl)s2)cnn1C. The topological polar surface area (TPSA) is 47.1 Å². The minimum absolute atomic E-state index is 0.176. The van der Waals surface area contributed by atoms with E-state index < -0.39 is 0 Å². The van der Waals surface area contributed by atoms with Crippen LogP contribution in [0, 0.1) is 6.92 Å². The molecule has 0 aliphatic heterocycles. The van der Waals surface area contributed by atoms with Gasteiger partial charge in [-0.3, -0.25) is 9.58 Å². The molecule has 0 saturated carbocycles. The summed E-state index contributed by atoms with van der Waals surface area (Å²) in [7, 11) is 4.03. The Bertz CT molecular complexity index is 549. The summed E-state index contributed by atoms with van der Waals surface area (Å²) in [4.78, 5) is 3.49. The summed E-state index contributed by atoms with van der Waals surface area (Å²) in [6.45, 7) is 3.48. The van der Waals surface area contributed by atoms with Gasteiger partial charge in [-0.25, -0.2) is 0 Å². The van der Waals surface area contributed by atoms with Crippen LogP contribution in [0.25, 0.3) is 0 Å². The molecule has 0 aromatic carbocycles. The highest BCUT2D eigenvalue weighted by Gasteiger charge is 2.20. The Labute approximate surface area is 122 Å². The number of likely N-dealkylation sites (N-methyl/N-ethyl adjacent to an activating group) is 1. The lowest BCUT2D eigenvalue weighted by Gasteiger charge is -2.26. The molecule has 19 heavy (non-hydrogen) atoms. The van der Waals surface area contributed by atoms with Crippen molar-refractivity contribution in [3.05, 3.63) is 38.8 Å². The largest absolute Gasteiger partial charge is 0.329 e. The zero-order valence-electron chi connectivity index (χ0n) is 11.4. The number of hydrogen-bond acceptors (Lipinski definition) is 4. The van der Waals surface area contributed by atoms with Crippen molar-refractivity contribution in [1.29, 1.82) is 0 Å². The number of rotatable bonds is 5. The van der Waals surface area contributed by atoms with Crippen molar-refractivity contribution in [2.45, 2.75) is 19.5 Å².